The molecule has 1 aliphatic heterocycles. The number of nitrogens with one attached hydrogen (secondary N) is 1. The first kappa shape index (κ1) is 34.0. The average Bonchev–Trinajstić information content (AvgIpc) is 3.63. The third-order valence-corrected chi connectivity index (χ3v) is 10.4. The molecular formula is C42H47N3O4. The van der Waals surface area contributed by atoms with Crippen molar-refractivity contribution in [3.8, 4) is 28.0 Å². The van der Waals surface area contributed by atoms with Crippen LogP contribution >= 0.6 is 0 Å². The summed E-state index contributed by atoms with van der Waals surface area (Å²) in [7, 11) is 1.65. The fourth-order valence-electron chi connectivity index (χ4n) is 7.73. The van der Waals surface area contributed by atoms with Crippen molar-refractivity contribution in [1.82, 2.24) is 5.32 Å². The van der Waals surface area contributed by atoms with Gasteiger partial charge in [0, 0.05) is 17.4 Å². The van der Waals surface area contributed by atoms with E-state index in [1.54, 1.807) is 12.0 Å². The summed E-state index contributed by atoms with van der Waals surface area (Å²) in [5.74, 6) is -0.938. The number of benzene rings is 4. The van der Waals surface area contributed by atoms with Crippen LogP contribution in [-0.2, 0) is 20.9 Å². The van der Waals surface area contributed by atoms with Gasteiger partial charge in [0.2, 0.25) is 11.8 Å². The highest BCUT2D eigenvalue weighted by Gasteiger charge is 2.40. The normalized spacial score (nSPS) is 17.1. The highest BCUT2D eigenvalue weighted by Crippen LogP contribution is 2.42. The standard InChI is InChI=1S/C42H47N3O4/c1-3-4-16-36(40(43)46)37(26-28-12-5-6-13-28)41(47)44-39-35-19-8-7-17-33(35)34-18-9-10-20-38(34)45(42(39)48)27-29-14-11-15-31(25-29)30-21-23-32(49-2)24-22-30/h7-11,14-15,17-25,28,36-37,39H,3-6,12-13,16,26-27H2,1-2H3,(H2,43,46)(H,44,47)/t36-,37+,39?/m0/s1. The molecule has 3 N–H and O–H groups in total. The number of hydrogen-bond donors (Lipinski definition) is 2. The van der Waals surface area contributed by atoms with Crippen molar-refractivity contribution >= 4 is 23.4 Å². The van der Waals surface area contributed by atoms with Gasteiger partial charge in [-0.2, -0.15) is 0 Å². The molecule has 3 atom stereocenters. The van der Waals surface area contributed by atoms with Crippen molar-refractivity contribution in [3.05, 3.63) is 108 Å². The summed E-state index contributed by atoms with van der Waals surface area (Å²) in [6.45, 7) is 2.39. The molecule has 1 fully saturated rings. The second kappa shape index (κ2) is 15.5. The van der Waals surface area contributed by atoms with Crippen LogP contribution in [0.1, 0.15) is 75.5 Å². The van der Waals surface area contributed by atoms with E-state index in [0.717, 1.165) is 83.3 Å². The molecule has 49 heavy (non-hydrogen) atoms. The van der Waals surface area contributed by atoms with E-state index in [1.165, 1.54) is 0 Å². The van der Waals surface area contributed by atoms with Crippen molar-refractivity contribution < 1.29 is 19.1 Å². The molecule has 1 heterocycles. The monoisotopic (exact) mass is 657 g/mol. The smallest absolute Gasteiger partial charge is 0.254 e. The average molecular weight is 658 g/mol. The van der Waals surface area contributed by atoms with Crippen molar-refractivity contribution in [3.63, 3.8) is 0 Å². The number of ether oxygens (including phenoxy) is 1. The summed E-state index contributed by atoms with van der Waals surface area (Å²) >= 11 is 0. The molecule has 2 aliphatic rings. The van der Waals surface area contributed by atoms with Gasteiger partial charge in [0.15, 0.2) is 0 Å². The number of carbonyl (C=O) groups excluding carboxylic acids is 3. The number of methoxy groups -OCH3 is 1. The van der Waals surface area contributed by atoms with Crippen LogP contribution in [0.5, 0.6) is 5.75 Å². The number of hydrogen-bond acceptors (Lipinski definition) is 4. The zero-order valence-electron chi connectivity index (χ0n) is 28.6. The Bertz CT molecular complexity index is 1780. The molecule has 6 rings (SSSR count). The van der Waals surface area contributed by atoms with Gasteiger partial charge >= 0.3 is 0 Å². The minimum Gasteiger partial charge on any atom is -0.497 e. The maximum atomic E-state index is 14.9. The second-order valence-electron chi connectivity index (χ2n) is 13.5. The minimum atomic E-state index is -0.938. The molecule has 0 radical (unpaired) electrons. The quantitative estimate of drug-likeness (QED) is 0.151. The topological polar surface area (TPSA) is 102 Å². The molecule has 0 aromatic heterocycles. The molecule has 1 unspecified atom stereocenters. The van der Waals surface area contributed by atoms with E-state index in [1.807, 2.05) is 84.9 Å². The Hall–Kier alpha value is -4.91. The van der Waals surface area contributed by atoms with Gasteiger partial charge in [0.1, 0.15) is 11.8 Å². The number of unbranched alkanes of at least 4 members (excludes halogenated alkanes) is 1. The Morgan fingerprint density at radius 3 is 2.31 bits per heavy atom. The summed E-state index contributed by atoms with van der Waals surface area (Å²) in [5, 5.41) is 3.20. The van der Waals surface area contributed by atoms with E-state index in [2.05, 4.69) is 24.4 Å². The first-order chi connectivity index (χ1) is 23.9. The van der Waals surface area contributed by atoms with Gasteiger partial charge < -0.3 is 20.7 Å². The van der Waals surface area contributed by atoms with Crippen molar-refractivity contribution in [2.24, 2.45) is 23.5 Å². The molecule has 1 aliphatic carbocycles. The second-order valence-corrected chi connectivity index (χ2v) is 13.5. The summed E-state index contributed by atoms with van der Waals surface area (Å²) in [5.41, 5.74) is 12.4. The summed E-state index contributed by atoms with van der Waals surface area (Å²) in [4.78, 5) is 44.0. The number of primary amides is 1. The van der Waals surface area contributed by atoms with Gasteiger partial charge in [0.25, 0.3) is 5.91 Å². The van der Waals surface area contributed by atoms with Gasteiger partial charge in [-0.05, 0) is 70.8 Å². The van der Waals surface area contributed by atoms with Crippen molar-refractivity contribution in [2.45, 2.75) is 70.9 Å². The van der Waals surface area contributed by atoms with Crippen LogP contribution in [0.2, 0.25) is 0 Å². The van der Waals surface area contributed by atoms with E-state index in [0.29, 0.717) is 25.3 Å². The zero-order chi connectivity index (χ0) is 34.3. The van der Waals surface area contributed by atoms with E-state index in [9.17, 15) is 14.4 Å². The molecule has 1 saturated carbocycles. The SMILES string of the molecule is CCCC[C@H](C(N)=O)[C@@H](CC1CCCC1)C(=O)NC1C(=O)N(Cc2cccc(-c3ccc(OC)cc3)c2)c2ccccc2-c2ccccc21. The lowest BCUT2D eigenvalue weighted by Gasteiger charge is -2.30. The third-order valence-electron chi connectivity index (χ3n) is 10.4. The van der Waals surface area contributed by atoms with Crippen LogP contribution < -0.4 is 20.7 Å². The number of anilines is 1. The predicted octanol–water partition coefficient (Wildman–Crippen LogP) is 8.22. The van der Waals surface area contributed by atoms with Gasteiger partial charge in [-0.1, -0.05) is 118 Å². The number of nitrogens with zero attached hydrogens (tertiary/aromatic N) is 1. The third kappa shape index (κ3) is 7.56. The van der Waals surface area contributed by atoms with Gasteiger partial charge in [-0.15, -0.1) is 0 Å². The molecule has 4 aromatic carbocycles. The van der Waals surface area contributed by atoms with Gasteiger partial charge in [-0.3, -0.25) is 14.4 Å². The molecule has 0 saturated heterocycles. The number of fused-ring (bicyclic) bond motifs is 3. The number of amides is 3. The summed E-state index contributed by atoms with van der Waals surface area (Å²) < 4.78 is 5.34. The summed E-state index contributed by atoms with van der Waals surface area (Å²) in [6.07, 6.45) is 7.25. The zero-order valence-corrected chi connectivity index (χ0v) is 28.6. The van der Waals surface area contributed by atoms with Crippen molar-refractivity contribution in [2.75, 3.05) is 12.0 Å². The first-order valence-electron chi connectivity index (χ1n) is 17.7. The van der Waals surface area contributed by atoms with Gasteiger partial charge in [0.05, 0.1) is 19.3 Å². The molecule has 254 valence electrons. The van der Waals surface area contributed by atoms with Crippen LogP contribution in [-0.4, -0.2) is 24.8 Å². The first-order valence-corrected chi connectivity index (χ1v) is 17.7. The van der Waals surface area contributed by atoms with Crippen LogP contribution in [0.15, 0.2) is 97.1 Å². The number of nitrogens with two attached hydrogens (primary N) is 1. The lowest BCUT2D eigenvalue weighted by Crippen LogP contribution is -2.47. The van der Waals surface area contributed by atoms with Crippen LogP contribution in [0, 0.1) is 17.8 Å². The Labute approximate surface area is 289 Å². The van der Waals surface area contributed by atoms with E-state index < -0.39 is 23.8 Å². The lowest BCUT2D eigenvalue weighted by atomic mass is 9.79. The number of carbonyl (C=O) groups is 3. The maximum Gasteiger partial charge on any atom is 0.254 e. The molecule has 3 amide bonds. The molecule has 0 bridgehead atoms. The molecular weight excluding hydrogens is 610 g/mol. The Morgan fingerprint density at radius 2 is 1.59 bits per heavy atom. The number of para-hydroxylation sites is 1. The van der Waals surface area contributed by atoms with Crippen molar-refractivity contribution in [1.29, 1.82) is 0 Å². The fourth-order valence-corrected chi connectivity index (χ4v) is 7.73. The van der Waals surface area contributed by atoms with E-state index in [-0.39, 0.29) is 11.8 Å². The Balaban J connectivity index is 1.36. The summed E-state index contributed by atoms with van der Waals surface area (Å²) in [6, 6.07) is 30.9. The molecule has 4 aromatic rings. The lowest BCUT2D eigenvalue weighted by molar-refractivity contribution is -0.136. The number of rotatable bonds is 13. The fraction of sp³-hybridized carbons (Fsp3) is 0.357. The van der Waals surface area contributed by atoms with Crippen LogP contribution in [0.3, 0.4) is 0 Å². The van der Waals surface area contributed by atoms with Crippen LogP contribution in [0.4, 0.5) is 5.69 Å². The minimum absolute atomic E-state index is 0.218. The highest BCUT2D eigenvalue weighted by atomic mass is 16.5. The largest absolute Gasteiger partial charge is 0.497 e. The molecule has 7 heteroatoms. The van der Waals surface area contributed by atoms with Crippen LogP contribution in [0.25, 0.3) is 22.3 Å². The van der Waals surface area contributed by atoms with E-state index >= 15 is 0 Å². The Morgan fingerprint density at radius 1 is 0.878 bits per heavy atom. The molecule has 0 spiro atoms. The highest BCUT2D eigenvalue weighted by molar-refractivity contribution is 6.06. The van der Waals surface area contributed by atoms with E-state index in [4.69, 9.17) is 10.5 Å². The Kier molecular flexibility index (Phi) is 10.8. The van der Waals surface area contributed by atoms with Gasteiger partial charge in [-0.25, -0.2) is 0 Å². The maximum absolute atomic E-state index is 14.9. The molecule has 7 nitrogen and oxygen atoms in total. The predicted molar refractivity (Wildman–Crippen MR) is 195 cm³/mol.